The van der Waals surface area contributed by atoms with Crippen molar-refractivity contribution in [2.75, 3.05) is 19.5 Å². The average Bonchev–Trinajstić information content (AvgIpc) is 2.53. The van der Waals surface area contributed by atoms with Gasteiger partial charge < -0.3 is 14.8 Å². The van der Waals surface area contributed by atoms with Crippen LogP contribution in [0.1, 0.15) is 15.9 Å². The predicted molar refractivity (Wildman–Crippen MR) is 94.4 cm³/mol. The quantitative estimate of drug-likeness (QED) is 0.844. The van der Waals surface area contributed by atoms with Gasteiger partial charge in [-0.25, -0.2) is 0 Å². The number of nitrogens with one attached hydrogen (secondary N) is 2. The van der Waals surface area contributed by atoms with Crippen molar-refractivity contribution in [2.24, 2.45) is 0 Å². The van der Waals surface area contributed by atoms with E-state index in [0.717, 1.165) is 11.3 Å². The highest BCUT2D eigenvalue weighted by molar-refractivity contribution is 7.80. The summed E-state index contributed by atoms with van der Waals surface area (Å²) in [5, 5.41) is 5.85. The van der Waals surface area contributed by atoms with Crippen molar-refractivity contribution in [1.29, 1.82) is 0 Å². The van der Waals surface area contributed by atoms with Crippen LogP contribution < -0.4 is 20.1 Å². The van der Waals surface area contributed by atoms with E-state index in [1.165, 1.54) is 7.11 Å². The van der Waals surface area contributed by atoms with Crippen molar-refractivity contribution in [2.45, 2.75) is 6.92 Å². The summed E-state index contributed by atoms with van der Waals surface area (Å²) < 4.78 is 10.3. The van der Waals surface area contributed by atoms with Gasteiger partial charge in [0.05, 0.1) is 14.2 Å². The van der Waals surface area contributed by atoms with Crippen LogP contribution in [0.3, 0.4) is 0 Å². The largest absolute Gasteiger partial charge is 0.493 e. The SMILES string of the molecule is COc1ccc(C(=O)NC(=S)Nc2cccc(C)c2)cc1OC. The maximum Gasteiger partial charge on any atom is 0.257 e. The Bertz CT molecular complexity index is 732. The summed E-state index contributed by atoms with van der Waals surface area (Å²) in [6, 6.07) is 12.6. The molecule has 0 atom stereocenters. The summed E-state index contributed by atoms with van der Waals surface area (Å²) in [4.78, 5) is 12.2. The lowest BCUT2D eigenvalue weighted by Crippen LogP contribution is -2.34. The minimum Gasteiger partial charge on any atom is -0.493 e. The molecule has 2 rings (SSSR count). The molecule has 0 bridgehead atoms. The highest BCUT2D eigenvalue weighted by atomic mass is 32.1. The lowest BCUT2D eigenvalue weighted by atomic mass is 10.2. The lowest BCUT2D eigenvalue weighted by molar-refractivity contribution is 0.0977. The molecule has 0 aliphatic carbocycles. The second-order valence-electron chi connectivity index (χ2n) is 4.85. The van der Waals surface area contributed by atoms with E-state index in [1.54, 1.807) is 25.3 Å². The Hall–Kier alpha value is -2.60. The van der Waals surface area contributed by atoms with Crippen molar-refractivity contribution in [3.05, 3.63) is 53.6 Å². The summed E-state index contributed by atoms with van der Waals surface area (Å²) in [5.74, 6) is 0.721. The molecule has 2 N–H and O–H groups in total. The molecule has 0 aliphatic rings. The summed E-state index contributed by atoms with van der Waals surface area (Å²) in [6.45, 7) is 1.98. The normalized spacial score (nSPS) is 9.87. The van der Waals surface area contributed by atoms with Crippen LogP contribution in [0.25, 0.3) is 0 Å². The zero-order valence-corrected chi connectivity index (χ0v) is 14.0. The number of carbonyl (C=O) groups excluding carboxylic acids is 1. The lowest BCUT2D eigenvalue weighted by Gasteiger charge is -2.12. The molecular formula is C17H18N2O3S. The number of ether oxygens (including phenoxy) is 2. The summed E-state index contributed by atoms with van der Waals surface area (Å²) >= 11 is 5.17. The van der Waals surface area contributed by atoms with Gasteiger partial charge in [0.15, 0.2) is 16.6 Å². The van der Waals surface area contributed by atoms with Crippen LogP contribution in [0, 0.1) is 6.92 Å². The van der Waals surface area contributed by atoms with Gasteiger partial charge in [0.1, 0.15) is 0 Å². The highest BCUT2D eigenvalue weighted by Gasteiger charge is 2.12. The first-order valence-corrected chi connectivity index (χ1v) is 7.35. The molecule has 1 amide bonds. The number of rotatable bonds is 4. The third-order valence-corrected chi connectivity index (χ3v) is 3.35. The van der Waals surface area contributed by atoms with Gasteiger partial charge in [-0.05, 0) is 55.0 Å². The topological polar surface area (TPSA) is 59.6 Å². The van der Waals surface area contributed by atoms with Crippen LogP contribution in [0.5, 0.6) is 11.5 Å². The smallest absolute Gasteiger partial charge is 0.257 e. The molecule has 2 aromatic rings. The Morgan fingerprint density at radius 3 is 2.43 bits per heavy atom. The standard InChI is InChI=1S/C17H18N2O3S/c1-11-5-4-6-13(9-11)18-17(23)19-16(20)12-7-8-14(21-2)15(10-12)22-3/h4-10H,1-3H3,(H2,18,19,20,23). The number of amides is 1. The maximum atomic E-state index is 12.2. The third kappa shape index (κ3) is 4.43. The number of aryl methyl sites for hydroxylation is 1. The molecule has 0 radical (unpaired) electrons. The van der Waals surface area contributed by atoms with Crippen molar-refractivity contribution in [3.63, 3.8) is 0 Å². The number of benzene rings is 2. The molecule has 0 aliphatic heterocycles. The molecule has 5 nitrogen and oxygen atoms in total. The molecule has 2 aromatic carbocycles. The minimum absolute atomic E-state index is 0.232. The Morgan fingerprint density at radius 2 is 1.78 bits per heavy atom. The molecule has 0 spiro atoms. The number of hydrogen-bond acceptors (Lipinski definition) is 4. The monoisotopic (exact) mass is 330 g/mol. The molecule has 6 heteroatoms. The van der Waals surface area contributed by atoms with Gasteiger partial charge in [-0.1, -0.05) is 12.1 Å². The summed E-state index contributed by atoms with van der Waals surface area (Å²) in [5.41, 5.74) is 2.35. The summed E-state index contributed by atoms with van der Waals surface area (Å²) in [7, 11) is 3.06. The van der Waals surface area contributed by atoms with Gasteiger partial charge in [0, 0.05) is 11.3 Å². The molecule has 120 valence electrons. The minimum atomic E-state index is -0.323. The number of methoxy groups -OCH3 is 2. The summed E-state index contributed by atoms with van der Waals surface area (Å²) in [6.07, 6.45) is 0. The van der Waals surface area contributed by atoms with Gasteiger partial charge in [-0.2, -0.15) is 0 Å². The van der Waals surface area contributed by atoms with E-state index >= 15 is 0 Å². The first-order chi connectivity index (χ1) is 11.0. The first kappa shape index (κ1) is 16.8. The van der Waals surface area contributed by atoms with Crippen molar-refractivity contribution < 1.29 is 14.3 Å². The van der Waals surface area contributed by atoms with E-state index in [2.05, 4.69) is 10.6 Å². The molecular weight excluding hydrogens is 312 g/mol. The predicted octanol–water partition coefficient (Wildman–Crippen LogP) is 3.14. The van der Waals surface area contributed by atoms with Gasteiger partial charge in [-0.3, -0.25) is 10.1 Å². The van der Waals surface area contributed by atoms with Crippen LogP contribution in [0.15, 0.2) is 42.5 Å². The van der Waals surface area contributed by atoms with Gasteiger partial charge in [0.25, 0.3) is 5.91 Å². The Balaban J connectivity index is 2.05. The molecule has 0 heterocycles. The van der Waals surface area contributed by atoms with Crippen LogP contribution in [-0.2, 0) is 0 Å². The van der Waals surface area contributed by atoms with Crippen molar-refractivity contribution in [1.82, 2.24) is 5.32 Å². The van der Waals surface area contributed by atoms with E-state index < -0.39 is 0 Å². The number of anilines is 1. The van der Waals surface area contributed by atoms with Crippen molar-refractivity contribution >= 4 is 28.9 Å². The second kappa shape index (κ2) is 7.60. The van der Waals surface area contributed by atoms with E-state index in [4.69, 9.17) is 21.7 Å². The zero-order chi connectivity index (χ0) is 16.8. The molecule has 0 saturated carbocycles. The third-order valence-electron chi connectivity index (χ3n) is 3.15. The fraction of sp³-hybridized carbons (Fsp3) is 0.176. The van der Waals surface area contributed by atoms with E-state index in [9.17, 15) is 4.79 Å². The second-order valence-corrected chi connectivity index (χ2v) is 5.26. The highest BCUT2D eigenvalue weighted by Crippen LogP contribution is 2.27. The zero-order valence-electron chi connectivity index (χ0n) is 13.2. The van der Waals surface area contributed by atoms with Gasteiger partial charge in [0.2, 0.25) is 0 Å². The van der Waals surface area contributed by atoms with Crippen LogP contribution in [0.4, 0.5) is 5.69 Å². The fourth-order valence-corrected chi connectivity index (χ4v) is 2.25. The maximum absolute atomic E-state index is 12.2. The van der Waals surface area contributed by atoms with E-state index in [1.807, 2.05) is 31.2 Å². The number of thiocarbonyl (C=S) groups is 1. The van der Waals surface area contributed by atoms with E-state index in [-0.39, 0.29) is 11.0 Å². The molecule has 23 heavy (non-hydrogen) atoms. The van der Waals surface area contributed by atoms with Gasteiger partial charge in [-0.15, -0.1) is 0 Å². The molecule has 0 saturated heterocycles. The van der Waals surface area contributed by atoms with Gasteiger partial charge >= 0.3 is 0 Å². The first-order valence-electron chi connectivity index (χ1n) is 6.94. The molecule has 0 unspecified atom stereocenters. The van der Waals surface area contributed by atoms with Crippen LogP contribution >= 0.6 is 12.2 Å². The van der Waals surface area contributed by atoms with E-state index in [0.29, 0.717) is 17.1 Å². The Labute approximate surface area is 140 Å². The Kier molecular flexibility index (Phi) is 5.54. The number of hydrogen-bond donors (Lipinski definition) is 2. The van der Waals surface area contributed by atoms with Crippen LogP contribution in [-0.4, -0.2) is 25.2 Å². The fourth-order valence-electron chi connectivity index (χ4n) is 2.04. The number of carbonyl (C=O) groups is 1. The van der Waals surface area contributed by atoms with Crippen molar-refractivity contribution in [3.8, 4) is 11.5 Å². The average molecular weight is 330 g/mol. The molecule has 0 aromatic heterocycles. The van der Waals surface area contributed by atoms with Crippen LogP contribution in [0.2, 0.25) is 0 Å². The Morgan fingerprint density at radius 1 is 1.04 bits per heavy atom. The molecule has 0 fully saturated rings.